The third-order valence-corrected chi connectivity index (χ3v) is 4.16. The van der Waals surface area contributed by atoms with Crippen molar-refractivity contribution < 1.29 is 0 Å². The van der Waals surface area contributed by atoms with Gasteiger partial charge in [-0.25, -0.2) is 4.98 Å². The highest BCUT2D eigenvalue weighted by Crippen LogP contribution is 2.29. The first kappa shape index (κ1) is 14.6. The number of aryl methyl sites for hydroxylation is 1. The van der Waals surface area contributed by atoms with Gasteiger partial charge in [-0.1, -0.05) is 31.2 Å². The Bertz CT molecular complexity index is 746. The van der Waals surface area contributed by atoms with Crippen molar-refractivity contribution in [3.05, 3.63) is 59.9 Å². The highest BCUT2D eigenvalue weighted by Gasteiger charge is 2.21. The van der Waals surface area contributed by atoms with E-state index in [9.17, 15) is 0 Å². The van der Waals surface area contributed by atoms with Crippen LogP contribution in [0.15, 0.2) is 48.5 Å². The number of aromatic nitrogens is 2. The number of para-hydroxylation sites is 1. The fourth-order valence-electron chi connectivity index (χ4n) is 3.06. The van der Waals surface area contributed by atoms with Gasteiger partial charge in [0.25, 0.3) is 0 Å². The van der Waals surface area contributed by atoms with E-state index < -0.39 is 0 Å². The second-order valence-electron chi connectivity index (χ2n) is 5.69. The summed E-state index contributed by atoms with van der Waals surface area (Å²) in [7, 11) is 0. The van der Waals surface area contributed by atoms with Crippen molar-refractivity contribution >= 4 is 16.7 Å². The quantitative estimate of drug-likeness (QED) is 0.729. The van der Waals surface area contributed by atoms with E-state index in [1.54, 1.807) is 0 Å². The zero-order valence-corrected chi connectivity index (χ0v) is 13.5. The number of anilines is 1. The summed E-state index contributed by atoms with van der Waals surface area (Å²) in [5, 5.41) is 0. The molecular weight excluding hydrogens is 270 g/mol. The summed E-state index contributed by atoms with van der Waals surface area (Å²) in [6, 6.07) is 17.2. The van der Waals surface area contributed by atoms with Gasteiger partial charge in [-0.05, 0) is 50.1 Å². The third kappa shape index (κ3) is 2.71. The van der Waals surface area contributed by atoms with Crippen LogP contribution in [0.1, 0.15) is 37.7 Å². The summed E-state index contributed by atoms with van der Waals surface area (Å²) in [6.45, 7) is 7.48. The summed E-state index contributed by atoms with van der Waals surface area (Å²) in [6.07, 6.45) is 1.02. The first-order valence-electron chi connectivity index (χ1n) is 8.01. The molecule has 22 heavy (non-hydrogen) atoms. The molecule has 0 aliphatic rings. The molecule has 0 bridgehead atoms. The molecular formula is C19H23N3. The number of aromatic amines is 1. The van der Waals surface area contributed by atoms with Gasteiger partial charge in [0.15, 0.2) is 0 Å². The SMILES string of the molecule is CCC(c1nc2ccc(C)cc2[nH]1)N(CC)c1ccccc1. The van der Waals surface area contributed by atoms with Crippen LogP contribution in [0.25, 0.3) is 11.0 Å². The Morgan fingerprint density at radius 1 is 1.09 bits per heavy atom. The number of rotatable bonds is 5. The van der Waals surface area contributed by atoms with E-state index >= 15 is 0 Å². The average molecular weight is 293 g/mol. The Labute approximate surface area is 132 Å². The lowest BCUT2D eigenvalue weighted by Gasteiger charge is -2.30. The second-order valence-corrected chi connectivity index (χ2v) is 5.69. The van der Waals surface area contributed by atoms with Crippen LogP contribution in [0.5, 0.6) is 0 Å². The molecule has 3 aromatic rings. The van der Waals surface area contributed by atoms with E-state index in [-0.39, 0.29) is 6.04 Å². The smallest absolute Gasteiger partial charge is 0.130 e. The minimum atomic E-state index is 0.264. The number of hydrogen-bond donors (Lipinski definition) is 1. The maximum absolute atomic E-state index is 4.82. The van der Waals surface area contributed by atoms with Crippen molar-refractivity contribution in [2.45, 2.75) is 33.2 Å². The average Bonchev–Trinajstić information content (AvgIpc) is 2.95. The summed E-state index contributed by atoms with van der Waals surface area (Å²) >= 11 is 0. The molecule has 0 aliphatic heterocycles. The van der Waals surface area contributed by atoms with Gasteiger partial charge in [0, 0.05) is 12.2 Å². The van der Waals surface area contributed by atoms with Crippen molar-refractivity contribution in [1.29, 1.82) is 0 Å². The van der Waals surface area contributed by atoms with Crippen LogP contribution in [0, 0.1) is 6.92 Å². The van der Waals surface area contributed by atoms with Gasteiger partial charge in [-0.2, -0.15) is 0 Å². The van der Waals surface area contributed by atoms with Crippen LogP contribution in [0.3, 0.4) is 0 Å². The summed E-state index contributed by atoms with van der Waals surface area (Å²) in [4.78, 5) is 10.7. The van der Waals surface area contributed by atoms with Crippen LogP contribution < -0.4 is 4.90 Å². The van der Waals surface area contributed by atoms with Crippen molar-refractivity contribution in [2.24, 2.45) is 0 Å². The first-order chi connectivity index (χ1) is 10.7. The maximum Gasteiger partial charge on any atom is 0.130 e. The standard InChI is InChI=1S/C19H23N3/c1-4-18(22(5-2)15-9-7-6-8-10-15)19-20-16-12-11-14(3)13-17(16)21-19/h6-13,18H,4-5H2,1-3H3,(H,20,21). The Morgan fingerprint density at radius 2 is 1.86 bits per heavy atom. The molecule has 2 aromatic carbocycles. The molecule has 3 heteroatoms. The van der Waals surface area contributed by atoms with Crippen LogP contribution in [-0.2, 0) is 0 Å². The van der Waals surface area contributed by atoms with Crippen LogP contribution in [0.2, 0.25) is 0 Å². The molecule has 1 aromatic heterocycles. The van der Waals surface area contributed by atoms with Gasteiger partial charge in [-0.15, -0.1) is 0 Å². The van der Waals surface area contributed by atoms with Crippen LogP contribution >= 0.6 is 0 Å². The van der Waals surface area contributed by atoms with Crippen molar-refractivity contribution in [2.75, 3.05) is 11.4 Å². The number of nitrogens with one attached hydrogen (secondary N) is 1. The van der Waals surface area contributed by atoms with Gasteiger partial charge < -0.3 is 9.88 Å². The number of H-pyrrole nitrogens is 1. The largest absolute Gasteiger partial charge is 0.362 e. The summed E-state index contributed by atoms with van der Waals surface area (Å²) in [5.74, 6) is 1.05. The fourth-order valence-corrected chi connectivity index (χ4v) is 3.06. The van der Waals surface area contributed by atoms with E-state index in [4.69, 9.17) is 4.98 Å². The lowest BCUT2D eigenvalue weighted by Crippen LogP contribution is -2.28. The first-order valence-corrected chi connectivity index (χ1v) is 8.01. The topological polar surface area (TPSA) is 31.9 Å². The summed E-state index contributed by atoms with van der Waals surface area (Å²) in [5.41, 5.74) is 4.67. The van der Waals surface area contributed by atoms with Gasteiger partial charge in [0.05, 0.1) is 17.1 Å². The van der Waals surface area contributed by atoms with Gasteiger partial charge in [0.1, 0.15) is 5.82 Å². The molecule has 0 saturated heterocycles. The molecule has 0 spiro atoms. The molecule has 1 atom stereocenters. The second kappa shape index (κ2) is 6.22. The molecule has 0 saturated carbocycles. The molecule has 0 amide bonds. The van der Waals surface area contributed by atoms with Gasteiger partial charge >= 0.3 is 0 Å². The lowest BCUT2D eigenvalue weighted by molar-refractivity contribution is 0.588. The van der Waals surface area contributed by atoms with Crippen molar-refractivity contribution in [1.82, 2.24) is 9.97 Å². The predicted molar refractivity (Wildman–Crippen MR) is 93.3 cm³/mol. The van der Waals surface area contributed by atoms with Crippen molar-refractivity contribution in [3.63, 3.8) is 0 Å². The van der Waals surface area contributed by atoms with Crippen LogP contribution in [0.4, 0.5) is 5.69 Å². The van der Waals surface area contributed by atoms with Gasteiger partial charge in [0.2, 0.25) is 0 Å². The Balaban J connectivity index is 2.00. The molecule has 1 unspecified atom stereocenters. The predicted octanol–water partition coefficient (Wildman–Crippen LogP) is 4.85. The van der Waals surface area contributed by atoms with Crippen LogP contribution in [-0.4, -0.2) is 16.5 Å². The molecule has 3 nitrogen and oxygen atoms in total. The van der Waals surface area contributed by atoms with Crippen molar-refractivity contribution in [3.8, 4) is 0 Å². The molecule has 3 rings (SSSR count). The number of imidazole rings is 1. The number of fused-ring (bicyclic) bond motifs is 1. The Morgan fingerprint density at radius 3 is 2.55 bits per heavy atom. The van der Waals surface area contributed by atoms with Gasteiger partial charge in [-0.3, -0.25) is 0 Å². The molecule has 1 heterocycles. The maximum atomic E-state index is 4.82. The highest BCUT2D eigenvalue weighted by molar-refractivity contribution is 5.76. The Kier molecular flexibility index (Phi) is 4.14. The minimum absolute atomic E-state index is 0.264. The van der Waals surface area contributed by atoms with E-state index in [1.165, 1.54) is 11.3 Å². The monoisotopic (exact) mass is 293 g/mol. The fraction of sp³-hybridized carbons (Fsp3) is 0.316. The highest BCUT2D eigenvalue weighted by atomic mass is 15.2. The van der Waals surface area contributed by atoms with E-state index in [2.05, 4.69) is 79.2 Å². The van der Waals surface area contributed by atoms with E-state index in [0.717, 1.165) is 29.8 Å². The number of benzene rings is 2. The molecule has 0 aliphatic carbocycles. The molecule has 1 N–H and O–H groups in total. The summed E-state index contributed by atoms with van der Waals surface area (Å²) < 4.78 is 0. The molecule has 114 valence electrons. The number of nitrogens with zero attached hydrogens (tertiary/aromatic N) is 2. The normalized spacial score (nSPS) is 12.5. The zero-order chi connectivity index (χ0) is 15.5. The molecule has 0 radical (unpaired) electrons. The van der Waals surface area contributed by atoms with E-state index in [0.29, 0.717) is 0 Å². The number of hydrogen-bond acceptors (Lipinski definition) is 2. The lowest BCUT2D eigenvalue weighted by atomic mass is 10.1. The third-order valence-electron chi connectivity index (χ3n) is 4.16. The molecule has 0 fully saturated rings. The van der Waals surface area contributed by atoms with E-state index in [1.807, 2.05) is 0 Å². The zero-order valence-electron chi connectivity index (χ0n) is 13.5. The minimum Gasteiger partial charge on any atom is -0.362 e. The Hall–Kier alpha value is -2.29.